The molecule has 2 heterocycles. The number of rotatable bonds is 6. The zero-order valence-corrected chi connectivity index (χ0v) is 16.9. The number of hydrogen-bond acceptors (Lipinski definition) is 6. The van der Waals surface area contributed by atoms with E-state index >= 15 is 0 Å². The lowest BCUT2D eigenvalue weighted by molar-refractivity contribution is 0.168. The first-order valence-corrected chi connectivity index (χ1v) is 11.3. The Labute approximate surface area is 149 Å². The number of fused-ring (bicyclic) bond motifs is 1. The van der Waals surface area contributed by atoms with Gasteiger partial charge >= 0.3 is 0 Å². The number of aromatic nitrogens is 3. The molecule has 0 aliphatic heterocycles. The Kier molecular flexibility index (Phi) is 5.65. The van der Waals surface area contributed by atoms with Crippen LogP contribution in [0.4, 0.5) is 0 Å². The molecule has 2 rings (SSSR count). The van der Waals surface area contributed by atoms with Crippen LogP contribution in [-0.4, -0.2) is 42.6 Å². The van der Waals surface area contributed by atoms with Crippen LogP contribution in [0.5, 0.6) is 5.88 Å². The summed E-state index contributed by atoms with van der Waals surface area (Å²) < 4.78 is 13.1. The predicted molar refractivity (Wildman–Crippen MR) is 101 cm³/mol. The van der Waals surface area contributed by atoms with Crippen molar-refractivity contribution in [2.45, 2.75) is 51.6 Å². The van der Waals surface area contributed by atoms with Crippen molar-refractivity contribution < 1.29 is 9.16 Å². The van der Waals surface area contributed by atoms with Crippen molar-refractivity contribution in [1.29, 1.82) is 0 Å². The van der Waals surface area contributed by atoms with Gasteiger partial charge in [0.25, 0.3) is 5.56 Å². The second kappa shape index (κ2) is 7.23. The molecule has 8 heteroatoms. The maximum absolute atomic E-state index is 12.4. The molecule has 1 unspecified atom stereocenters. The van der Waals surface area contributed by atoms with Crippen LogP contribution in [0.3, 0.4) is 0 Å². The van der Waals surface area contributed by atoms with Gasteiger partial charge in [0.05, 0.1) is 26.0 Å². The molecule has 138 valence electrons. The van der Waals surface area contributed by atoms with Crippen LogP contribution in [0, 0.1) is 0 Å². The first-order valence-electron chi connectivity index (χ1n) is 8.37. The Morgan fingerprint density at radius 1 is 1.32 bits per heavy atom. The van der Waals surface area contributed by atoms with E-state index in [1.807, 2.05) is 0 Å². The van der Waals surface area contributed by atoms with Crippen molar-refractivity contribution >= 4 is 19.5 Å². The van der Waals surface area contributed by atoms with Crippen molar-refractivity contribution in [2.75, 3.05) is 13.7 Å². The van der Waals surface area contributed by atoms with Crippen molar-refractivity contribution in [3.8, 4) is 5.88 Å². The van der Waals surface area contributed by atoms with E-state index in [1.165, 1.54) is 13.3 Å². The molecule has 0 aromatic carbocycles. The molecule has 0 aliphatic carbocycles. The fourth-order valence-electron chi connectivity index (χ4n) is 2.27. The van der Waals surface area contributed by atoms with Gasteiger partial charge in [-0.3, -0.25) is 9.36 Å². The van der Waals surface area contributed by atoms with Crippen LogP contribution < -0.4 is 16.0 Å². The minimum absolute atomic E-state index is 0.0627. The van der Waals surface area contributed by atoms with Crippen molar-refractivity contribution in [1.82, 2.24) is 14.5 Å². The van der Waals surface area contributed by atoms with Crippen LogP contribution >= 0.6 is 0 Å². The number of hydrogen-bond donors (Lipinski definition) is 1. The summed E-state index contributed by atoms with van der Waals surface area (Å²) in [5.74, 6) is 0.434. The molecule has 0 amide bonds. The molecule has 0 aliphatic rings. The largest absolute Gasteiger partial charge is 0.481 e. The fraction of sp³-hybridized carbons (Fsp3) is 0.588. The van der Waals surface area contributed by atoms with Crippen molar-refractivity contribution in [3.05, 3.63) is 28.7 Å². The van der Waals surface area contributed by atoms with Gasteiger partial charge in [0.1, 0.15) is 5.52 Å². The Morgan fingerprint density at radius 3 is 2.56 bits per heavy atom. The van der Waals surface area contributed by atoms with Crippen LogP contribution in [-0.2, 0) is 11.0 Å². The molecule has 2 N–H and O–H groups in total. The van der Waals surface area contributed by atoms with Crippen LogP contribution in [0.15, 0.2) is 23.1 Å². The molecule has 0 bridgehead atoms. The van der Waals surface area contributed by atoms with E-state index in [-0.39, 0.29) is 16.7 Å². The molecule has 0 radical (unpaired) electrons. The number of methoxy groups -OCH3 is 1. The average Bonchev–Trinajstić information content (AvgIpc) is 2.54. The third-order valence-electron chi connectivity index (χ3n) is 4.79. The van der Waals surface area contributed by atoms with E-state index in [1.54, 1.807) is 16.7 Å². The molecule has 2 aromatic heterocycles. The Bertz CT molecular complexity index is 799. The monoisotopic (exact) mass is 364 g/mol. The minimum Gasteiger partial charge on any atom is -0.481 e. The zero-order valence-electron chi connectivity index (χ0n) is 15.9. The molecule has 1 atom stereocenters. The average molecular weight is 365 g/mol. The summed E-state index contributed by atoms with van der Waals surface area (Å²) in [5.41, 5.74) is 6.82. The van der Waals surface area contributed by atoms with E-state index in [0.717, 1.165) is 0 Å². The predicted octanol–water partition coefficient (Wildman–Crippen LogP) is 2.15. The third kappa shape index (κ3) is 4.26. The van der Waals surface area contributed by atoms with Crippen LogP contribution in [0.25, 0.3) is 11.2 Å². The van der Waals surface area contributed by atoms with E-state index in [4.69, 9.17) is 14.9 Å². The second-order valence-electron chi connectivity index (χ2n) is 7.64. The summed E-state index contributed by atoms with van der Waals surface area (Å²) in [4.78, 5) is 20.9. The molecule has 0 fully saturated rings. The standard InChI is InChI=1S/C17H28N4O3Si/c1-17(2,3)25(5,6)24-12(9-18)11-21-15(22)10-19-13-7-8-14(23-4)20-16(13)21/h7-8,10,12H,9,11,18H2,1-6H3. The van der Waals surface area contributed by atoms with Crippen molar-refractivity contribution in [2.24, 2.45) is 5.73 Å². The van der Waals surface area contributed by atoms with Gasteiger partial charge in [0, 0.05) is 12.6 Å². The van der Waals surface area contributed by atoms with Gasteiger partial charge < -0.3 is 14.9 Å². The van der Waals surface area contributed by atoms with Crippen LogP contribution in [0.1, 0.15) is 20.8 Å². The highest BCUT2D eigenvalue weighted by Gasteiger charge is 2.39. The topological polar surface area (TPSA) is 92.3 Å². The Morgan fingerprint density at radius 2 is 2.00 bits per heavy atom. The van der Waals surface area contributed by atoms with Gasteiger partial charge in [-0.05, 0) is 24.2 Å². The van der Waals surface area contributed by atoms with Gasteiger partial charge in [-0.2, -0.15) is 4.98 Å². The van der Waals surface area contributed by atoms with E-state index in [2.05, 4.69) is 43.8 Å². The summed E-state index contributed by atoms with van der Waals surface area (Å²) in [6, 6.07) is 3.50. The molecule has 7 nitrogen and oxygen atoms in total. The number of nitrogens with zero attached hydrogens (tertiary/aromatic N) is 3. The second-order valence-corrected chi connectivity index (χ2v) is 12.4. The normalized spacial score (nSPS) is 13.9. The fourth-order valence-corrected chi connectivity index (χ4v) is 3.63. The van der Waals surface area contributed by atoms with E-state index in [9.17, 15) is 4.79 Å². The van der Waals surface area contributed by atoms with Crippen LogP contribution in [0.2, 0.25) is 18.1 Å². The molecular weight excluding hydrogens is 336 g/mol. The maximum atomic E-state index is 12.4. The quantitative estimate of drug-likeness (QED) is 0.790. The van der Waals surface area contributed by atoms with Gasteiger partial charge in [-0.15, -0.1) is 0 Å². The summed E-state index contributed by atoms with van der Waals surface area (Å²) in [7, 11) is -0.464. The molecule has 0 saturated carbocycles. The summed E-state index contributed by atoms with van der Waals surface area (Å²) >= 11 is 0. The Hall–Kier alpha value is -1.77. The van der Waals surface area contributed by atoms with Gasteiger partial charge in [-0.25, -0.2) is 4.98 Å². The lowest BCUT2D eigenvalue weighted by Gasteiger charge is -2.39. The molecule has 2 aromatic rings. The first-order chi connectivity index (χ1) is 11.6. The Balaban J connectivity index is 2.40. The first kappa shape index (κ1) is 19.6. The molecule has 0 saturated heterocycles. The number of nitrogens with two attached hydrogens (primary N) is 1. The summed E-state index contributed by atoms with van der Waals surface area (Å²) in [5, 5.41) is 0.0627. The van der Waals surface area contributed by atoms with E-state index in [0.29, 0.717) is 30.1 Å². The highest BCUT2D eigenvalue weighted by Crippen LogP contribution is 2.37. The highest BCUT2D eigenvalue weighted by molar-refractivity contribution is 6.74. The third-order valence-corrected chi connectivity index (χ3v) is 9.33. The smallest absolute Gasteiger partial charge is 0.270 e. The molecule has 25 heavy (non-hydrogen) atoms. The van der Waals surface area contributed by atoms with Crippen molar-refractivity contribution in [3.63, 3.8) is 0 Å². The summed E-state index contributed by atoms with van der Waals surface area (Å²) in [6.07, 6.45) is 1.04. The number of ether oxygens (including phenoxy) is 1. The van der Waals surface area contributed by atoms with Gasteiger partial charge in [0.2, 0.25) is 5.88 Å². The van der Waals surface area contributed by atoms with Gasteiger partial charge in [0.15, 0.2) is 14.0 Å². The lowest BCUT2D eigenvalue weighted by atomic mass is 10.2. The van der Waals surface area contributed by atoms with Gasteiger partial charge in [-0.1, -0.05) is 20.8 Å². The zero-order chi connectivity index (χ0) is 18.8. The van der Waals surface area contributed by atoms with E-state index < -0.39 is 8.32 Å². The molecule has 0 spiro atoms. The maximum Gasteiger partial charge on any atom is 0.270 e. The minimum atomic E-state index is -2.00. The summed E-state index contributed by atoms with van der Waals surface area (Å²) in [6.45, 7) is 11.5. The lowest BCUT2D eigenvalue weighted by Crippen LogP contribution is -2.47. The molecular formula is C17H28N4O3Si. The highest BCUT2D eigenvalue weighted by atomic mass is 28.4. The number of pyridine rings is 1. The SMILES string of the molecule is COc1ccc2ncc(=O)n(CC(CN)O[Si](C)(C)C(C)(C)C)c2n1.